The van der Waals surface area contributed by atoms with E-state index in [1.54, 1.807) is 0 Å². The van der Waals surface area contributed by atoms with Gasteiger partial charge in [0, 0.05) is 32.5 Å². The molecule has 0 radical (unpaired) electrons. The zero-order valence-corrected chi connectivity index (χ0v) is 15.3. The Morgan fingerprint density at radius 1 is 1.21 bits per heavy atom. The maximum absolute atomic E-state index is 12.8. The predicted molar refractivity (Wildman–Crippen MR) is 96.4 cm³/mol. The highest BCUT2D eigenvalue weighted by Gasteiger charge is 2.35. The Morgan fingerprint density at radius 2 is 1.96 bits per heavy atom. The molecular formula is C19H35N3O2. The van der Waals surface area contributed by atoms with Crippen molar-refractivity contribution >= 4 is 11.8 Å². The number of hydrogen-bond donors (Lipinski definition) is 2. The molecule has 0 aromatic heterocycles. The zero-order valence-electron chi connectivity index (χ0n) is 15.3. The van der Waals surface area contributed by atoms with Crippen molar-refractivity contribution < 1.29 is 9.59 Å². The second-order valence-electron chi connectivity index (χ2n) is 7.84. The van der Waals surface area contributed by atoms with Gasteiger partial charge in [0.1, 0.15) is 0 Å². The van der Waals surface area contributed by atoms with E-state index in [2.05, 4.69) is 5.32 Å². The Morgan fingerprint density at radius 3 is 2.62 bits per heavy atom. The number of piperidine rings is 1. The summed E-state index contributed by atoms with van der Waals surface area (Å²) in [6.07, 6.45) is 10.1. The molecule has 138 valence electrons. The van der Waals surface area contributed by atoms with Crippen LogP contribution in [0.3, 0.4) is 0 Å². The van der Waals surface area contributed by atoms with Crippen molar-refractivity contribution in [1.29, 1.82) is 0 Å². The number of nitrogens with zero attached hydrogens (tertiary/aromatic N) is 1. The molecule has 1 unspecified atom stereocenters. The highest BCUT2D eigenvalue weighted by Crippen LogP contribution is 2.39. The summed E-state index contributed by atoms with van der Waals surface area (Å²) in [4.78, 5) is 26.5. The zero-order chi connectivity index (χ0) is 17.4. The molecule has 2 fully saturated rings. The van der Waals surface area contributed by atoms with Crippen molar-refractivity contribution in [2.24, 2.45) is 17.1 Å². The number of hydrogen-bond acceptors (Lipinski definition) is 3. The molecule has 2 rings (SSSR count). The molecule has 1 aliphatic carbocycles. The predicted octanol–water partition coefficient (Wildman–Crippen LogP) is 2.44. The van der Waals surface area contributed by atoms with Gasteiger partial charge < -0.3 is 16.0 Å². The van der Waals surface area contributed by atoms with Gasteiger partial charge in [0.25, 0.3) is 0 Å². The minimum atomic E-state index is 0.0393. The van der Waals surface area contributed by atoms with Gasteiger partial charge in [0.2, 0.25) is 11.8 Å². The van der Waals surface area contributed by atoms with Gasteiger partial charge in [-0.15, -0.1) is 0 Å². The fraction of sp³-hybridized carbons (Fsp3) is 0.895. The lowest BCUT2D eigenvalue weighted by Crippen LogP contribution is -2.46. The van der Waals surface area contributed by atoms with Crippen LogP contribution in [0.2, 0.25) is 0 Å². The van der Waals surface area contributed by atoms with Crippen LogP contribution in [-0.2, 0) is 9.59 Å². The van der Waals surface area contributed by atoms with Gasteiger partial charge >= 0.3 is 0 Å². The molecule has 0 aromatic carbocycles. The van der Waals surface area contributed by atoms with E-state index in [1.807, 2.05) is 11.8 Å². The van der Waals surface area contributed by atoms with Crippen molar-refractivity contribution in [2.75, 3.05) is 26.2 Å². The largest absolute Gasteiger partial charge is 0.356 e. The van der Waals surface area contributed by atoms with Crippen molar-refractivity contribution in [3.63, 3.8) is 0 Å². The van der Waals surface area contributed by atoms with Gasteiger partial charge in [-0.05, 0) is 50.0 Å². The quantitative estimate of drug-likeness (QED) is 0.749. The van der Waals surface area contributed by atoms with Crippen LogP contribution in [-0.4, -0.2) is 42.9 Å². The van der Waals surface area contributed by atoms with Gasteiger partial charge in [0.15, 0.2) is 0 Å². The number of amides is 2. The number of carbonyl (C=O) groups excluding carboxylic acids is 2. The molecule has 0 spiro atoms. The minimum absolute atomic E-state index is 0.0393. The summed E-state index contributed by atoms with van der Waals surface area (Å²) in [5, 5.41) is 3.02. The summed E-state index contributed by atoms with van der Waals surface area (Å²) in [6.45, 7) is 4.98. The van der Waals surface area contributed by atoms with E-state index in [0.717, 1.165) is 45.2 Å². The van der Waals surface area contributed by atoms with Crippen LogP contribution >= 0.6 is 0 Å². The molecule has 1 saturated heterocycles. The molecule has 1 heterocycles. The Bertz CT molecular complexity index is 419. The van der Waals surface area contributed by atoms with E-state index in [-0.39, 0.29) is 17.2 Å². The fourth-order valence-corrected chi connectivity index (χ4v) is 4.22. The standard InChI is InChI=1S/C19H35N3O2/c1-2-7-17(23)21-13-16-8-6-11-22(14-16)18(24)12-19(15-20)9-4-3-5-10-19/h16H,2-15,20H2,1H3,(H,21,23). The van der Waals surface area contributed by atoms with Crippen LogP contribution < -0.4 is 11.1 Å². The summed E-state index contributed by atoms with van der Waals surface area (Å²) < 4.78 is 0. The normalized spacial score (nSPS) is 23.8. The van der Waals surface area contributed by atoms with Crippen LogP contribution in [0.15, 0.2) is 0 Å². The number of likely N-dealkylation sites (tertiary alicyclic amines) is 1. The average Bonchev–Trinajstić information content (AvgIpc) is 2.61. The van der Waals surface area contributed by atoms with Crippen molar-refractivity contribution in [3.8, 4) is 0 Å². The molecule has 24 heavy (non-hydrogen) atoms. The molecule has 0 bridgehead atoms. The lowest BCUT2D eigenvalue weighted by atomic mass is 9.71. The smallest absolute Gasteiger partial charge is 0.223 e. The van der Waals surface area contributed by atoms with Gasteiger partial charge in [-0.2, -0.15) is 0 Å². The summed E-state index contributed by atoms with van der Waals surface area (Å²) >= 11 is 0. The van der Waals surface area contributed by atoms with Gasteiger partial charge in [-0.1, -0.05) is 26.2 Å². The molecule has 1 atom stereocenters. The molecule has 1 aliphatic heterocycles. The van der Waals surface area contributed by atoms with Gasteiger partial charge in [0.05, 0.1) is 0 Å². The third kappa shape index (κ3) is 5.47. The van der Waals surface area contributed by atoms with E-state index < -0.39 is 0 Å². The Balaban J connectivity index is 1.82. The molecule has 2 amide bonds. The monoisotopic (exact) mass is 337 g/mol. The van der Waals surface area contributed by atoms with E-state index in [1.165, 1.54) is 19.3 Å². The number of nitrogens with two attached hydrogens (primary N) is 1. The first-order valence-corrected chi connectivity index (χ1v) is 9.83. The number of nitrogens with one attached hydrogen (secondary N) is 1. The van der Waals surface area contributed by atoms with Crippen LogP contribution in [0.25, 0.3) is 0 Å². The summed E-state index contributed by atoms with van der Waals surface area (Å²) in [6, 6.07) is 0. The van der Waals surface area contributed by atoms with Crippen LogP contribution in [0.4, 0.5) is 0 Å². The summed E-state index contributed by atoms with van der Waals surface area (Å²) in [5.41, 5.74) is 6.07. The second-order valence-corrected chi connectivity index (χ2v) is 7.84. The number of carbonyl (C=O) groups is 2. The number of rotatable bonds is 7. The molecule has 5 heteroatoms. The Kier molecular flexibility index (Phi) is 7.53. The van der Waals surface area contributed by atoms with E-state index >= 15 is 0 Å². The van der Waals surface area contributed by atoms with E-state index in [4.69, 9.17) is 5.73 Å². The van der Waals surface area contributed by atoms with Crippen molar-refractivity contribution in [3.05, 3.63) is 0 Å². The summed E-state index contributed by atoms with van der Waals surface area (Å²) in [5.74, 6) is 0.792. The minimum Gasteiger partial charge on any atom is -0.356 e. The molecule has 2 aliphatic rings. The maximum atomic E-state index is 12.8. The maximum Gasteiger partial charge on any atom is 0.223 e. The third-order valence-electron chi connectivity index (χ3n) is 5.81. The SMILES string of the molecule is CCCC(=O)NCC1CCCN(C(=O)CC2(CN)CCCCC2)C1. The van der Waals surface area contributed by atoms with Gasteiger partial charge in [-0.25, -0.2) is 0 Å². The Labute approximate surface area is 146 Å². The van der Waals surface area contributed by atoms with Gasteiger partial charge in [-0.3, -0.25) is 9.59 Å². The second kappa shape index (κ2) is 9.40. The van der Waals surface area contributed by atoms with Crippen molar-refractivity contribution in [2.45, 2.75) is 71.1 Å². The van der Waals surface area contributed by atoms with E-state index in [0.29, 0.717) is 31.8 Å². The van der Waals surface area contributed by atoms with Crippen LogP contribution in [0.1, 0.15) is 71.1 Å². The highest BCUT2D eigenvalue weighted by molar-refractivity contribution is 5.77. The average molecular weight is 338 g/mol. The molecule has 5 nitrogen and oxygen atoms in total. The topological polar surface area (TPSA) is 75.4 Å². The van der Waals surface area contributed by atoms with Crippen LogP contribution in [0.5, 0.6) is 0 Å². The Hall–Kier alpha value is -1.10. The highest BCUT2D eigenvalue weighted by atomic mass is 16.2. The third-order valence-corrected chi connectivity index (χ3v) is 5.81. The first kappa shape index (κ1) is 19.2. The molecule has 3 N–H and O–H groups in total. The molecule has 1 saturated carbocycles. The lowest BCUT2D eigenvalue weighted by molar-refractivity contribution is -0.136. The van der Waals surface area contributed by atoms with E-state index in [9.17, 15) is 9.59 Å². The first-order valence-electron chi connectivity index (χ1n) is 9.83. The molecule has 0 aromatic rings. The molecular weight excluding hydrogens is 302 g/mol. The van der Waals surface area contributed by atoms with Crippen molar-refractivity contribution in [1.82, 2.24) is 10.2 Å². The summed E-state index contributed by atoms with van der Waals surface area (Å²) in [7, 11) is 0. The fourth-order valence-electron chi connectivity index (χ4n) is 4.22. The lowest BCUT2D eigenvalue weighted by Gasteiger charge is -2.39. The van der Waals surface area contributed by atoms with Crippen LogP contribution in [0, 0.1) is 11.3 Å². The first-order chi connectivity index (χ1) is 11.6.